The van der Waals surface area contributed by atoms with Gasteiger partial charge in [-0.2, -0.15) is 5.10 Å². The summed E-state index contributed by atoms with van der Waals surface area (Å²) in [7, 11) is 0. The zero-order valence-electron chi connectivity index (χ0n) is 13.2. The minimum absolute atomic E-state index is 0.0985. The van der Waals surface area contributed by atoms with Gasteiger partial charge in [0.05, 0.1) is 23.3 Å². The second-order valence-corrected chi connectivity index (χ2v) is 6.06. The van der Waals surface area contributed by atoms with E-state index in [1.807, 2.05) is 32.4 Å². The summed E-state index contributed by atoms with van der Waals surface area (Å²) < 4.78 is 3.82. The van der Waals surface area contributed by atoms with Gasteiger partial charge in [-0.3, -0.25) is 4.79 Å². The smallest absolute Gasteiger partial charge is 0.254 e. The lowest BCUT2D eigenvalue weighted by molar-refractivity contribution is 0.0926. The van der Waals surface area contributed by atoms with Gasteiger partial charge in [-0.25, -0.2) is 14.5 Å². The van der Waals surface area contributed by atoms with Crippen molar-refractivity contribution in [1.29, 1.82) is 0 Å². The maximum atomic E-state index is 12.6. The number of nitrogens with zero attached hydrogens (tertiary/aromatic N) is 5. The van der Waals surface area contributed by atoms with Crippen molar-refractivity contribution in [2.75, 3.05) is 0 Å². The first-order chi connectivity index (χ1) is 11.1. The Morgan fingerprint density at radius 1 is 1.35 bits per heavy atom. The first-order valence-electron chi connectivity index (χ1n) is 7.73. The highest BCUT2D eigenvalue weighted by atomic mass is 16.1. The topological polar surface area (TPSA) is 77.1 Å². The molecule has 4 heterocycles. The Labute approximate surface area is 133 Å². The summed E-state index contributed by atoms with van der Waals surface area (Å²) >= 11 is 0. The highest BCUT2D eigenvalue weighted by molar-refractivity contribution is 5.95. The van der Waals surface area contributed by atoms with E-state index in [0.717, 1.165) is 36.4 Å². The molecular weight excluding hydrogens is 292 g/mol. The van der Waals surface area contributed by atoms with Gasteiger partial charge in [0.2, 0.25) is 0 Å². The quantitative estimate of drug-likeness (QED) is 0.773. The third-order valence-electron chi connectivity index (χ3n) is 4.39. The van der Waals surface area contributed by atoms with Gasteiger partial charge in [-0.05, 0) is 26.7 Å². The Balaban J connectivity index is 1.57. The first-order valence-corrected chi connectivity index (χ1v) is 7.73. The van der Waals surface area contributed by atoms with Gasteiger partial charge in [0.15, 0.2) is 5.65 Å². The van der Waals surface area contributed by atoms with E-state index in [1.165, 1.54) is 5.69 Å². The summed E-state index contributed by atoms with van der Waals surface area (Å²) in [6.07, 6.45) is 7.19. The molecule has 4 rings (SSSR count). The average molecular weight is 310 g/mol. The summed E-state index contributed by atoms with van der Waals surface area (Å²) in [4.78, 5) is 21.1. The van der Waals surface area contributed by atoms with Crippen LogP contribution in [0.25, 0.3) is 5.65 Å². The number of carbonyl (C=O) groups excluding carboxylic acids is 1. The molecule has 0 aromatic carbocycles. The number of nitrogens with one attached hydrogen (secondary N) is 1. The molecule has 0 bridgehead atoms. The fraction of sp³-hybridized carbons (Fsp3) is 0.375. The molecule has 1 N–H and O–H groups in total. The predicted octanol–water partition coefficient (Wildman–Crippen LogP) is 1.29. The largest absolute Gasteiger partial charge is 0.347 e. The van der Waals surface area contributed by atoms with Crippen molar-refractivity contribution in [1.82, 2.24) is 29.5 Å². The summed E-state index contributed by atoms with van der Waals surface area (Å²) in [6.45, 7) is 4.57. The van der Waals surface area contributed by atoms with Crippen molar-refractivity contribution in [3.05, 3.63) is 47.4 Å². The van der Waals surface area contributed by atoms with E-state index in [2.05, 4.69) is 25.0 Å². The van der Waals surface area contributed by atoms with Gasteiger partial charge in [-0.1, -0.05) is 0 Å². The Morgan fingerprint density at radius 3 is 3.09 bits per heavy atom. The maximum Gasteiger partial charge on any atom is 0.254 e. The van der Waals surface area contributed by atoms with Crippen LogP contribution in [0.4, 0.5) is 0 Å². The highest BCUT2D eigenvalue weighted by Crippen LogP contribution is 2.16. The summed E-state index contributed by atoms with van der Waals surface area (Å²) in [5, 5.41) is 7.50. The molecule has 1 aliphatic heterocycles. The van der Waals surface area contributed by atoms with Crippen LogP contribution in [0, 0.1) is 13.8 Å². The number of hydrogen-bond donors (Lipinski definition) is 1. The number of rotatable bonds is 2. The number of aromatic nitrogens is 5. The van der Waals surface area contributed by atoms with Crippen LogP contribution in [0.5, 0.6) is 0 Å². The van der Waals surface area contributed by atoms with E-state index in [-0.39, 0.29) is 11.9 Å². The highest BCUT2D eigenvalue weighted by Gasteiger charge is 2.22. The van der Waals surface area contributed by atoms with Gasteiger partial charge in [-0.15, -0.1) is 0 Å². The Hall–Kier alpha value is -2.70. The molecule has 1 amide bonds. The number of amides is 1. The molecule has 3 aromatic heterocycles. The SMILES string of the molecule is Cc1cc2ncc(C(=O)NC3CCc4cncn4C3)c(C)n2n1. The second kappa shape index (κ2) is 5.19. The standard InChI is InChI=1S/C16H18N6O/c1-10-5-15-18-7-14(11(2)22(15)20-10)16(23)19-12-3-4-13-6-17-9-21(13)8-12/h5-7,9,12H,3-4,8H2,1-2H3,(H,19,23). The summed E-state index contributed by atoms with van der Waals surface area (Å²) in [6, 6.07) is 2.01. The number of imidazole rings is 1. The fourth-order valence-corrected chi connectivity index (χ4v) is 3.14. The molecule has 0 radical (unpaired) electrons. The molecule has 0 fully saturated rings. The van der Waals surface area contributed by atoms with Gasteiger partial charge in [0, 0.05) is 36.7 Å². The Kier molecular flexibility index (Phi) is 3.14. The Morgan fingerprint density at radius 2 is 2.22 bits per heavy atom. The van der Waals surface area contributed by atoms with E-state index in [1.54, 1.807) is 10.7 Å². The first kappa shape index (κ1) is 13.9. The minimum atomic E-state index is -0.0985. The number of hydrogen-bond acceptors (Lipinski definition) is 4. The van der Waals surface area contributed by atoms with Crippen molar-refractivity contribution < 1.29 is 4.79 Å². The van der Waals surface area contributed by atoms with E-state index >= 15 is 0 Å². The molecule has 7 heteroatoms. The summed E-state index contributed by atoms with van der Waals surface area (Å²) in [5.74, 6) is -0.0985. The number of aryl methyl sites for hydroxylation is 3. The molecule has 1 unspecified atom stereocenters. The van der Waals surface area contributed by atoms with Gasteiger partial charge < -0.3 is 9.88 Å². The lowest BCUT2D eigenvalue weighted by Gasteiger charge is -2.25. The van der Waals surface area contributed by atoms with Gasteiger partial charge in [0.1, 0.15) is 0 Å². The molecule has 7 nitrogen and oxygen atoms in total. The van der Waals surface area contributed by atoms with Crippen LogP contribution >= 0.6 is 0 Å². The lowest BCUT2D eigenvalue weighted by Crippen LogP contribution is -2.41. The summed E-state index contributed by atoms with van der Waals surface area (Å²) in [5.41, 5.74) is 4.24. The van der Waals surface area contributed by atoms with Crippen molar-refractivity contribution in [2.24, 2.45) is 0 Å². The normalized spacial score (nSPS) is 17.2. The van der Waals surface area contributed by atoms with Gasteiger partial charge >= 0.3 is 0 Å². The van der Waals surface area contributed by atoms with Crippen molar-refractivity contribution >= 4 is 11.6 Å². The van der Waals surface area contributed by atoms with Gasteiger partial charge in [0.25, 0.3) is 5.91 Å². The van der Waals surface area contributed by atoms with Crippen LogP contribution in [0.1, 0.15) is 33.9 Å². The third-order valence-corrected chi connectivity index (χ3v) is 4.39. The lowest BCUT2D eigenvalue weighted by atomic mass is 10.1. The zero-order valence-corrected chi connectivity index (χ0v) is 13.2. The molecule has 3 aromatic rings. The molecule has 0 spiro atoms. The number of fused-ring (bicyclic) bond motifs is 2. The zero-order chi connectivity index (χ0) is 16.0. The van der Waals surface area contributed by atoms with E-state index < -0.39 is 0 Å². The molecule has 1 atom stereocenters. The van der Waals surface area contributed by atoms with E-state index in [4.69, 9.17) is 0 Å². The van der Waals surface area contributed by atoms with Crippen LogP contribution in [-0.2, 0) is 13.0 Å². The molecule has 23 heavy (non-hydrogen) atoms. The van der Waals surface area contributed by atoms with Crippen molar-refractivity contribution in [2.45, 2.75) is 39.3 Å². The fourth-order valence-electron chi connectivity index (χ4n) is 3.14. The Bertz CT molecular complexity index is 893. The van der Waals surface area contributed by atoms with Crippen LogP contribution in [0.3, 0.4) is 0 Å². The van der Waals surface area contributed by atoms with Crippen LogP contribution in [0.2, 0.25) is 0 Å². The van der Waals surface area contributed by atoms with Crippen molar-refractivity contribution in [3.8, 4) is 0 Å². The average Bonchev–Trinajstić information content (AvgIpc) is 3.13. The van der Waals surface area contributed by atoms with Crippen LogP contribution < -0.4 is 5.32 Å². The predicted molar refractivity (Wildman–Crippen MR) is 84.3 cm³/mol. The minimum Gasteiger partial charge on any atom is -0.347 e. The third kappa shape index (κ3) is 2.38. The number of carbonyl (C=O) groups is 1. The second-order valence-electron chi connectivity index (χ2n) is 6.06. The molecule has 1 aliphatic rings. The monoisotopic (exact) mass is 310 g/mol. The molecule has 118 valence electrons. The maximum absolute atomic E-state index is 12.6. The van der Waals surface area contributed by atoms with E-state index in [9.17, 15) is 4.79 Å². The molecular formula is C16H18N6O. The molecule has 0 saturated carbocycles. The van der Waals surface area contributed by atoms with Crippen LogP contribution in [0.15, 0.2) is 24.8 Å². The van der Waals surface area contributed by atoms with Crippen LogP contribution in [-0.4, -0.2) is 36.1 Å². The van der Waals surface area contributed by atoms with E-state index in [0.29, 0.717) is 5.56 Å². The molecule has 0 aliphatic carbocycles. The van der Waals surface area contributed by atoms with Crippen molar-refractivity contribution in [3.63, 3.8) is 0 Å². The molecule has 0 saturated heterocycles.